The molecule has 0 saturated carbocycles. The third-order valence-electron chi connectivity index (χ3n) is 3.56. The molecule has 0 nitrogen and oxygen atoms in total. The van der Waals surface area contributed by atoms with E-state index >= 15 is 0 Å². The summed E-state index contributed by atoms with van der Waals surface area (Å²) in [5, 5.41) is 1.60. The average molecular weight is 293 g/mol. The van der Waals surface area contributed by atoms with Crippen LogP contribution in [0.3, 0.4) is 0 Å². The minimum Gasteiger partial charge on any atom is -0.0843 e. The largest absolute Gasteiger partial charge is 0.0843 e. The van der Waals surface area contributed by atoms with Gasteiger partial charge in [0.25, 0.3) is 0 Å². The summed E-state index contributed by atoms with van der Waals surface area (Å²) in [6, 6.07) is 16.3. The van der Waals surface area contributed by atoms with Gasteiger partial charge in [0.15, 0.2) is 0 Å². The maximum absolute atomic E-state index is 6.05. The van der Waals surface area contributed by atoms with Crippen LogP contribution >= 0.6 is 23.2 Å². The van der Waals surface area contributed by atoms with Gasteiger partial charge < -0.3 is 0 Å². The van der Waals surface area contributed by atoms with Crippen LogP contribution in [-0.2, 0) is 0 Å². The fourth-order valence-electron chi connectivity index (χ4n) is 2.41. The van der Waals surface area contributed by atoms with Gasteiger partial charge in [-0.25, -0.2) is 0 Å². The van der Waals surface area contributed by atoms with Gasteiger partial charge in [-0.2, -0.15) is 0 Å². The molecule has 0 aromatic heterocycles. The zero-order valence-electron chi connectivity index (χ0n) is 11.2. The summed E-state index contributed by atoms with van der Waals surface area (Å²) < 4.78 is 0. The first-order valence-electron chi connectivity index (χ1n) is 6.57. The van der Waals surface area contributed by atoms with Gasteiger partial charge in [-0.3, -0.25) is 0 Å². The van der Waals surface area contributed by atoms with Crippen molar-refractivity contribution in [2.24, 2.45) is 0 Å². The van der Waals surface area contributed by atoms with E-state index in [1.165, 1.54) is 11.1 Å². The summed E-state index contributed by atoms with van der Waals surface area (Å²) in [6.45, 7) is 4.50. The van der Waals surface area contributed by atoms with E-state index in [-0.39, 0.29) is 0 Å². The van der Waals surface area contributed by atoms with Gasteiger partial charge in [0.2, 0.25) is 0 Å². The summed E-state index contributed by atoms with van der Waals surface area (Å²) in [4.78, 5) is 0. The zero-order valence-corrected chi connectivity index (χ0v) is 12.7. The molecular formula is C17H18Cl2. The number of halogens is 2. The van der Waals surface area contributed by atoms with Gasteiger partial charge in [-0.05, 0) is 53.6 Å². The Hall–Kier alpha value is -0.980. The van der Waals surface area contributed by atoms with Crippen molar-refractivity contribution in [3.63, 3.8) is 0 Å². The van der Waals surface area contributed by atoms with Crippen molar-refractivity contribution in [2.75, 3.05) is 0 Å². The zero-order chi connectivity index (χ0) is 13.8. The van der Waals surface area contributed by atoms with Crippen LogP contribution in [0.4, 0.5) is 0 Å². The summed E-state index contributed by atoms with van der Waals surface area (Å²) >= 11 is 12.0. The molecule has 19 heavy (non-hydrogen) atoms. The monoisotopic (exact) mass is 292 g/mol. The van der Waals surface area contributed by atoms with E-state index in [9.17, 15) is 0 Å². The maximum atomic E-state index is 6.05. The normalized spacial score (nSPS) is 14.1. The summed E-state index contributed by atoms with van der Waals surface area (Å²) in [5.41, 5.74) is 2.63. The Morgan fingerprint density at radius 1 is 0.789 bits per heavy atom. The molecule has 0 N–H and O–H groups in total. The van der Waals surface area contributed by atoms with Gasteiger partial charge >= 0.3 is 0 Å². The first-order chi connectivity index (χ1) is 9.06. The van der Waals surface area contributed by atoms with E-state index in [0.717, 1.165) is 16.5 Å². The van der Waals surface area contributed by atoms with Gasteiger partial charge in [-0.1, -0.05) is 61.3 Å². The fourth-order valence-corrected chi connectivity index (χ4v) is 2.73. The van der Waals surface area contributed by atoms with Crippen molar-refractivity contribution in [1.29, 1.82) is 0 Å². The van der Waals surface area contributed by atoms with Crippen LogP contribution in [-0.4, -0.2) is 0 Å². The average Bonchev–Trinajstić information content (AvgIpc) is 2.39. The van der Waals surface area contributed by atoms with E-state index < -0.39 is 0 Å². The molecule has 0 amide bonds. The number of hydrogen-bond acceptors (Lipinski definition) is 0. The highest BCUT2D eigenvalue weighted by atomic mass is 35.5. The molecule has 2 atom stereocenters. The lowest BCUT2D eigenvalue weighted by Gasteiger charge is -2.18. The number of rotatable bonds is 4. The first-order valence-corrected chi connectivity index (χ1v) is 7.33. The molecule has 2 unspecified atom stereocenters. The molecule has 0 aliphatic carbocycles. The molecule has 2 aromatic carbocycles. The molecule has 0 aliphatic heterocycles. The minimum atomic E-state index is 0.490. The first kappa shape index (κ1) is 14.4. The standard InChI is InChI=1S/C17H18Cl2/c1-12(14-6-8-16(18)9-7-14)10-13(2)15-4-3-5-17(19)11-15/h3-9,11-13H,10H2,1-2H3. The fraction of sp³-hybridized carbons (Fsp3) is 0.294. The Morgan fingerprint density at radius 3 is 2.05 bits per heavy atom. The van der Waals surface area contributed by atoms with Gasteiger partial charge in [0.1, 0.15) is 0 Å². The Labute approximate surface area is 125 Å². The Balaban J connectivity index is 2.06. The Kier molecular flexibility index (Phi) is 4.90. The van der Waals surface area contributed by atoms with Crippen molar-refractivity contribution in [3.05, 3.63) is 69.7 Å². The SMILES string of the molecule is CC(CC(C)c1cccc(Cl)c1)c1ccc(Cl)cc1. The van der Waals surface area contributed by atoms with Crippen LogP contribution in [0.25, 0.3) is 0 Å². The third kappa shape index (κ3) is 3.99. The molecule has 0 saturated heterocycles. The molecule has 0 spiro atoms. The molecule has 2 rings (SSSR count). The number of benzene rings is 2. The van der Waals surface area contributed by atoms with Crippen LogP contribution in [0.2, 0.25) is 10.0 Å². The van der Waals surface area contributed by atoms with Crippen LogP contribution in [0.5, 0.6) is 0 Å². The summed E-state index contributed by atoms with van der Waals surface area (Å²) in [7, 11) is 0. The predicted molar refractivity (Wildman–Crippen MR) is 84.4 cm³/mol. The molecule has 2 heteroatoms. The molecule has 0 bridgehead atoms. The summed E-state index contributed by atoms with van der Waals surface area (Å²) in [6.07, 6.45) is 1.10. The second kappa shape index (κ2) is 6.45. The summed E-state index contributed by atoms with van der Waals surface area (Å²) in [5.74, 6) is 0.996. The second-order valence-corrected chi connectivity index (χ2v) is 6.02. The maximum Gasteiger partial charge on any atom is 0.0408 e. The molecule has 2 aromatic rings. The van der Waals surface area contributed by atoms with Crippen molar-refractivity contribution >= 4 is 23.2 Å². The topological polar surface area (TPSA) is 0 Å². The predicted octanol–water partition coefficient (Wildman–Crippen LogP) is 6.29. The lowest BCUT2D eigenvalue weighted by atomic mass is 9.87. The van der Waals surface area contributed by atoms with E-state index in [2.05, 4.69) is 38.1 Å². The highest BCUT2D eigenvalue weighted by molar-refractivity contribution is 6.30. The van der Waals surface area contributed by atoms with E-state index in [0.29, 0.717) is 11.8 Å². The molecule has 0 fully saturated rings. The Morgan fingerprint density at radius 2 is 1.42 bits per heavy atom. The Bertz CT molecular complexity index is 531. The lowest BCUT2D eigenvalue weighted by molar-refractivity contribution is 0.593. The van der Waals surface area contributed by atoms with Crippen LogP contribution in [0.15, 0.2) is 48.5 Å². The van der Waals surface area contributed by atoms with Gasteiger partial charge in [0.05, 0.1) is 0 Å². The van der Waals surface area contributed by atoms with Gasteiger partial charge in [0, 0.05) is 10.0 Å². The molecule has 100 valence electrons. The molecule has 0 heterocycles. The van der Waals surface area contributed by atoms with Crippen molar-refractivity contribution in [1.82, 2.24) is 0 Å². The van der Waals surface area contributed by atoms with E-state index in [1.54, 1.807) is 0 Å². The highest BCUT2D eigenvalue weighted by Crippen LogP contribution is 2.30. The third-order valence-corrected chi connectivity index (χ3v) is 4.05. The second-order valence-electron chi connectivity index (χ2n) is 5.14. The molecule has 0 aliphatic rings. The van der Waals surface area contributed by atoms with Crippen molar-refractivity contribution < 1.29 is 0 Å². The quantitative estimate of drug-likeness (QED) is 0.621. The minimum absolute atomic E-state index is 0.490. The van der Waals surface area contributed by atoms with E-state index in [1.807, 2.05) is 24.3 Å². The number of hydrogen-bond donors (Lipinski definition) is 0. The van der Waals surface area contributed by atoms with Crippen LogP contribution in [0.1, 0.15) is 43.2 Å². The lowest BCUT2D eigenvalue weighted by Crippen LogP contribution is -2.01. The molecular weight excluding hydrogens is 275 g/mol. The highest BCUT2D eigenvalue weighted by Gasteiger charge is 2.12. The van der Waals surface area contributed by atoms with Gasteiger partial charge in [-0.15, -0.1) is 0 Å². The van der Waals surface area contributed by atoms with Crippen molar-refractivity contribution in [3.8, 4) is 0 Å². The van der Waals surface area contributed by atoms with Crippen molar-refractivity contribution in [2.45, 2.75) is 32.1 Å². The van der Waals surface area contributed by atoms with Crippen LogP contribution in [0, 0.1) is 0 Å². The molecule has 0 radical (unpaired) electrons. The van der Waals surface area contributed by atoms with Crippen LogP contribution < -0.4 is 0 Å². The van der Waals surface area contributed by atoms with E-state index in [4.69, 9.17) is 23.2 Å². The smallest absolute Gasteiger partial charge is 0.0408 e.